The van der Waals surface area contributed by atoms with Crippen LogP contribution in [-0.2, 0) is 9.84 Å². The quantitative estimate of drug-likeness (QED) is 0.696. The number of carbonyl (C=O) groups is 1. The second-order valence-electron chi connectivity index (χ2n) is 10.9. The molecule has 8 heteroatoms. The van der Waals surface area contributed by atoms with Crippen LogP contribution in [-0.4, -0.2) is 48.3 Å². The highest BCUT2D eigenvalue weighted by Gasteiger charge is 2.53. The van der Waals surface area contributed by atoms with Gasteiger partial charge in [-0.2, -0.15) is 0 Å². The van der Waals surface area contributed by atoms with Crippen molar-refractivity contribution in [2.24, 2.45) is 28.2 Å². The summed E-state index contributed by atoms with van der Waals surface area (Å²) in [6.07, 6.45) is 8.09. The molecule has 7 rings (SSSR count). The van der Waals surface area contributed by atoms with Crippen LogP contribution in [0.2, 0.25) is 0 Å². The number of hydrogen-bond acceptors (Lipinski definition) is 6. The van der Waals surface area contributed by atoms with Gasteiger partial charge >= 0.3 is 0 Å². The second kappa shape index (κ2) is 7.49. The Kier molecular flexibility index (Phi) is 4.92. The zero-order valence-corrected chi connectivity index (χ0v) is 20.1. The van der Waals surface area contributed by atoms with Gasteiger partial charge < -0.3 is 10.6 Å². The number of nitrogens with one attached hydrogen (secondary N) is 2. The molecule has 6 nitrogen and oxygen atoms in total. The molecule has 2 heterocycles. The minimum absolute atomic E-state index is 0.00659. The van der Waals surface area contributed by atoms with E-state index in [0.29, 0.717) is 11.0 Å². The number of fused-ring (bicyclic) bond motifs is 1. The van der Waals surface area contributed by atoms with E-state index in [1.807, 2.05) is 24.3 Å². The van der Waals surface area contributed by atoms with Crippen molar-refractivity contribution in [1.29, 1.82) is 0 Å². The van der Waals surface area contributed by atoms with Gasteiger partial charge in [-0.15, -0.1) is 0 Å². The molecule has 4 bridgehead atoms. The summed E-state index contributed by atoms with van der Waals surface area (Å²) in [7, 11) is -2.94. The number of nitrogens with zero attached hydrogens (tertiary/aromatic N) is 1. The van der Waals surface area contributed by atoms with E-state index in [1.165, 1.54) is 50.3 Å². The van der Waals surface area contributed by atoms with E-state index in [2.05, 4.69) is 22.5 Å². The van der Waals surface area contributed by atoms with Crippen LogP contribution in [0.25, 0.3) is 0 Å². The van der Waals surface area contributed by atoms with Gasteiger partial charge in [0.1, 0.15) is 0 Å². The molecule has 1 aromatic rings. The van der Waals surface area contributed by atoms with Gasteiger partial charge in [-0.1, -0.05) is 11.8 Å². The lowest BCUT2D eigenvalue weighted by molar-refractivity contribution is -0.0688. The van der Waals surface area contributed by atoms with Crippen LogP contribution in [0.1, 0.15) is 55.8 Å². The topological polar surface area (TPSA) is 87.6 Å². The molecule has 0 radical (unpaired) electrons. The van der Waals surface area contributed by atoms with Gasteiger partial charge in [-0.25, -0.2) is 8.42 Å². The molecule has 1 aromatic carbocycles. The molecule has 5 fully saturated rings. The maximum Gasteiger partial charge on any atom is 0.251 e. The molecule has 0 spiro atoms. The Morgan fingerprint density at radius 3 is 2.28 bits per heavy atom. The Bertz CT molecular complexity index is 1030. The Morgan fingerprint density at radius 1 is 1.06 bits per heavy atom. The zero-order chi connectivity index (χ0) is 22.1. The van der Waals surface area contributed by atoms with Gasteiger partial charge in [0, 0.05) is 22.5 Å². The smallest absolute Gasteiger partial charge is 0.251 e. The third kappa shape index (κ3) is 3.77. The Hall–Kier alpha value is -1.54. The van der Waals surface area contributed by atoms with Crippen molar-refractivity contribution in [3.8, 4) is 0 Å². The number of rotatable bonds is 4. The fourth-order valence-corrected chi connectivity index (χ4v) is 11.1. The largest absolute Gasteiger partial charge is 0.349 e. The highest BCUT2D eigenvalue weighted by atomic mass is 32.2. The molecule has 1 saturated heterocycles. The van der Waals surface area contributed by atoms with E-state index >= 15 is 0 Å². The standard InChI is InChI=1S/C24H31N3O3S2/c1-14(24-9-15-6-16(10-24)8-17(7-15)11-24)25-22(28)18-2-4-19(5-3-18)26-23-27-20-12-32(29,30)13-21(20)31-23/h2-5,14-17,20-21H,6-13H2,1H3,(H,25,28)(H,26,27)/t14-,15?,16?,17?,20+,21+,24?/m0/s1. The van der Waals surface area contributed by atoms with Crippen molar-refractivity contribution >= 4 is 38.4 Å². The highest BCUT2D eigenvalue weighted by Crippen LogP contribution is 2.61. The van der Waals surface area contributed by atoms with E-state index in [1.54, 1.807) is 0 Å². The molecule has 2 aliphatic heterocycles. The lowest BCUT2D eigenvalue weighted by Gasteiger charge is -2.59. The molecule has 3 atom stereocenters. The average Bonchev–Trinajstić information content (AvgIpc) is 3.19. The number of amidine groups is 1. The summed E-state index contributed by atoms with van der Waals surface area (Å²) < 4.78 is 23.4. The van der Waals surface area contributed by atoms with Crippen molar-refractivity contribution in [3.05, 3.63) is 29.8 Å². The monoisotopic (exact) mass is 473 g/mol. The first-order valence-corrected chi connectivity index (χ1v) is 14.6. The summed E-state index contributed by atoms with van der Waals surface area (Å²) in [5.74, 6) is 2.99. The summed E-state index contributed by atoms with van der Waals surface area (Å²) in [6.45, 7) is 2.22. The third-order valence-electron chi connectivity index (χ3n) is 8.57. The molecule has 32 heavy (non-hydrogen) atoms. The highest BCUT2D eigenvalue weighted by molar-refractivity contribution is 8.15. The maximum absolute atomic E-state index is 13.0. The SMILES string of the molecule is C[C@H](NC(=O)c1ccc(NC2=N[C@@H]3CS(=O)(=O)C[C@H]3S2)cc1)C12CC3CC(CC(C3)C1)C2. The first-order chi connectivity index (χ1) is 15.3. The van der Waals surface area contributed by atoms with Gasteiger partial charge in [0.15, 0.2) is 15.0 Å². The maximum atomic E-state index is 13.0. The normalized spacial score (nSPS) is 39.4. The lowest BCUT2D eigenvalue weighted by atomic mass is 9.48. The number of sulfone groups is 1. The lowest BCUT2D eigenvalue weighted by Crippen LogP contribution is -2.55. The molecule has 6 aliphatic rings. The van der Waals surface area contributed by atoms with Crippen molar-refractivity contribution < 1.29 is 13.2 Å². The molecule has 4 saturated carbocycles. The second-order valence-corrected chi connectivity index (χ2v) is 14.3. The van der Waals surface area contributed by atoms with Gasteiger partial charge in [-0.05, 0) is 92.9 Å². The number of thioether (sulfide) groups is 1. The van der Waals surface area contributed by atoms with Gasteiger partial charge in [0.2, 0.25) is 0 Å². The number of carbonyl (C=O) groups excluding carboxylic acids is 1. The van der Waals surface area contributed by atoms with E-state index in [-0.39, 0.29) is 34.7 Å². The number of aliphatic imine (C=N–C) groups is 1. The first-order valence-electron chi connectivity index (χ1n) is 11.9. The summed E-state index contributed by atoms with van der Waals surface area (Å²) >= 11 is 1.50. The van der Waals surface area contributed by atoms with Crippen LogP contribution in [0.3, 0.4) is 0 Å². The van der Waals surface area contributed by atoms with Crippen LogP contribution in [0.15, 0.2) is 29.3 Å². The van der Waals surface area contributed by atoms with Crippen molar-refractivity contribution in [2.45, 2.75) is 62.8 Å². The summed E-state index contributed by atoms with van der Waals surface area (Å²) in [4.78, 5) is 17.5. The summed E-state index contributed by atoms with van der Waals surface area (Å²) in [5.41, 5.74) is 1.84. The number of amides is 1. The molecule has 0 unspecified atom stereocenters. The van der Waals surface area contributed by atoms with Crippen LogP contribution < -0.4 is 10.6 Å². The van der Waals surface area contributed by atoms with Crippen molar-refractivity contribution in [2.75, 3.05) is 16.8 Å². The fourth-order valence-electron chi connectivity index (χ4n) is 7.39. The minimum atomic E-state index is -2.94. The van der Waals surface area contributed by atoms with Gasteiger partial charge in [0.05, 0.1) is 17.5 Å². The third-order valence-corrected chi connectivity index (χ3v) is 11.7. The minimum Gasteiger partial charge on any atom is -0.349 e. The van der Waals surface area contributed by atoms with Crippen LogP contribution in [0, 0.1) is 23.2 Å². The fraction of sp³-hybridized carbons (Fsp3) is 0.667. The van der Waals surface area contributed by atoms with Crippen LogP contribution in [0.5, 0.6) is 0 Å². The van der Waals surface area contributed by atoms with Crippen molar-refractivity contribution in [3.63, 3.8) is 0 Å². The number of hydrogen-bond donors (Lipinski definition) is 2. The molecule has 172 valence electrons. The van der Waals surface area contributed by atoms with Gasteiger partial charge in [0.25, 0.3) is 5.91 Å². The number of anilines is 1. The van der Waals surface area contributed by atoms with Gasteiger partial charge in [-0.3, -0.25) is 9.79 Å². The van der Waals surface area contributed by atoms with Crippen LogP contribution in [0.4, 0.5) is 5.69 Å². The molecule has 1 amide bonds. The van der Waals surface area contributed by atoms with E-state index in [0.717, 1.165) is 28.6 Å². The van der Waals surface area contributed by atoms with E-state index in [4.69, 9.17) is 0 Å². The van der Waals surface area contributed by atoms with E-state index < -0.39 is 9.84 Å². The Labute approximate surface area is 194 Å². The molecule has 2 N–H and O–H groups in total. The zero-order valence-electron chi connectivity index (χ0n) is 18.4. The molecular formula is C24H31N3O3S2. The first kappa shape index (κ1) is 21.0. The van der Waals surface area contributed by atoms with Crippen molar-refractivity contribution in [1.82, 2.24) is 5.32 Å². The van der Waals surface area contributed by atoms with E-state index in [9.17, 15) is 13.2 Å². The van der Waals surface area contributed by atoms with Crippen LogP contribution >= 0.6 is 11.8 Å². The Balaban J connectivity index is 1.08. The molecule has 0 aromatic heterocycles. The summed E-state index contributed by atoms with van der Waals surface area (Å²) in [5, 5.41) is 7.41. The Morgan fingerprint density at radius 2 is 1.69 bits per heavy atom. The predicted molar refractivity (Wildman–Crippen MR) is 129 cm³/mol. The number of benzene rings is 1. The summed E-state index contributed by atoms with van der Waals surface area (Å²) in [6, 6.07) is 7.59. The predicted octanol–water partition coefficient (Wildman–Crippen LogP) is 3.70. The molecule has 4 aliphatic carbocycles. The molecular weight excluding hydrogens is 442 g/mol. The average molecular weight is 474 g/mol.